The first-order valence-corrected chi connectivity index (χ1v) is 11.8. The number of rotatable bonds is 5. The van der Waals surface area contributed by atoms with E-state index in [1.807, 2.05) is 0 Å². The van der Waals surface area contributed by atoms with Crippen LogP contribution < -0.4 is 39.5 Å². The van der Waals surface area contributed by atoms with Crippen LogP contribution in [-0.2, 0) is 0 Å². The molecule has 39 heavy (non-hydrogen) atoms. The van der Waals surface area contributed by atoms with Gasteiger partial charge in [-0.15, -0.1) is 17.6 Å². The lowest BCUT2D eigenvalue weighted by Gasteiger charge is -2.16. The molecule has 3 aromatic carbocycles. The number of primary amides is 1. The van der Waals surface area contributed by atoms with Crippen molar-refractivity contribution in [2.75, 3.05) is 12.4 Å². The molecule has 3 aliphatic heterocycles. The summed E-state index contributed by atoms with van der Waals surface area (Å²) < 4.78 is 83.3. The summed E-state index contributed by atoms with van der Waals surface area (Å²) in [6.45, 7) is 0. The van der Waals surface area contributed by atoms with Gasteiger partial charge in [-0.3, -0.25) is 9.59 Å². The third kappa shape index (κ3) is 4.33. The van der Waals surface area contributed by atoms with Crippen molar-refractivity contribution in [3.63, 3.8) is 0 Å². The SMILES string of the molecule is COc1ccc2c(c1C(N)=O)SC(c1cc3c(cc1C(=O)Nc1ccc4c(c1)OC(F)(F)O4)OC(F)(F)O3)O2. The van der Waals surface area contributed by atoms with E-state index in [-0.39, 0.29) is 51.1 Å². The average molecular weight is 566 g/mol. The molecule has 10 nitrogen and oxygen atoms in total. The maximum atomic E-state index is 13.8. The van der Waals surface area contributed by atoms with E-state index in [1.54, 1.807) is 0 Å². The van der Waals surface area contributed by atoms with Crippen LogP contribution in [0.4, 0.5) is 23.2 Å². The molecule has 1 atom stereocenters. The third-order valence-electron chi connectivity index (χ3n) is 5.74. The van der Waals surface area contributed by atoms with E-state index in [1.165, 1.54) is 25.3 Å². The Morgan fingerprint density at radius 1 is 0.897 bits per heavy atom. The van der Waals surface area contributed by atoms with Crippen LogP contribution in [0.3, 0.4) is 0 Å². The Labute approximate surface area is 219 Å². The molecule has 6 rings (SSSR count). The number of halogens is 4. The summed E-state index contributed by atoms with van der Waals surface area (Å²) in [5, 5.41) is 2.50. The Morgan fingerprint density at radius 2 is 1.51 bits per heavy atom. The predicted octanol–water partition coefficient (Wildman–Crippen LogP) is 4.87. The number of ether oxygens (including phenoxy) is 6. The lowest BCUT2D eigenvalue weighted by molar-refractivity contribution is -0.287. The maximum absolute atomic E-state index is 13.8. The number of anilines is 1. The van der Waals surface area contributed by atoms with Crippen molar-refractivity contribution in [2.45, 2.75) is 22.9 Å². The average Bonchev–Trinajstić information content (AvgIpc) is 3.51. The highest BCUT2D eigenvalue weighted by Crippen LogP contribution is 2.54. The van der Waals surface area contributed by atoms with Crippen LogP contribution >= 0.6 is 11.8 Å². The number of carbonyl (C=O) groups excluding carboxylic acids is 2. The minimum absolute atomic E-state index is 0.0398. The minimum atomic E-state index is -3.98. The Morgan fingerprint density at radius 3 is 2.18 bits per heavy atom. The van der Waals surface area contributed by atoms with Crippen LogP contribution in [0, 0.1) is 0 Å². The van der Waals surface area contributed by atoms with E-state index in [0.717, 1.165) is 36.0 Å². The largest absolute Gasteiger partial charge is 0.586 e. The van der Waals surface area contributed by atoms with Crippen molar-refractivity contribution >= 4 is 29.3 Å². The number of hydrogen-bond acceptors (Lipinski definition) is 9. The van der Waals surface area contributed by atoms with Crippen molar-refractivity contribution in [2.24, 2.45) is 5.73 Å². The van der Waals surface area contributed by atoms with Crippen LogP contribution in [-0.4, -0.2) is 31.5 Å². The van der Waals surface area contributed by atoms with Crippen molar-refractivity contribution in [3.8, 4) is 34.5 Å². The van der Waals surface area contributed by atoms with Gasteiger partial charge in [0.15, 0.2) is 28.4 Å². The molecule has 0 radical (unpaired) electrons. The fourth-order valence-corrected chi connectivity index (χ4v) is 5.40. The van der Waals surface area contributed by atoms with Gasteiger partial charge in [0, 0.05) is 17.3 Å². The standard InChI is InChI=1S/C24H14F4N2O8S/c1-33-13-4-5-14-19(18(13)20(29)31)39-22(34-14)11-8-17-16(37-24(27,28)38-17)7-10(11)21(32)30-9-2-3-12-15(6-9)36-23(25,26)35-12/h2-8,22H,1H3,(H2,29,31)(H,30,32). The van der Waals surface area contributed by atoms with Gasteiger partial charge in [-0.2, -0.15) is 0 Å². The van der Waals surface area contributed by atoms with Crippen molar-refractivity contribution < 1.29 is 55.6 Å². The molecule has 202 valence electrons. The number of alkyl halides is 4. The fraction of sp³-hybridized carbons (Fsp3) is 0.167. The number of benzene rings is 3. The normalized spacial score (nSPS) is 18.7. The molecule has 0 bridgehead atoms. The summed E-state index contributed by atoms with van der Waals surface area (Å²) in [7, 11) is 1.35. The van der Waals surface area contributed by atoms with Crippen molar-refractivity contribution in [1.29, 1.82) is 0 Å². The Hall–Kier alpha value is -4.53. The second-order valence-electron chi connectivity index (χ2n) is 8.24. The third-order valence-corrected chi connectivity index (χ3v) is 6.94. The van der Waals surface area contributed by atoms with E-state index >= 15 is 0 Å². The second kappa shape index (κ2) is 8.49. The summed E-state index contributed by atoms with van der Waals surface area (Å²) in [5.74, 6) is -2.52. The highest BCUT2D eigenvalue weighted by molar-refractivity contribution is 7.99. The number of amides is 2. The number of carbonyl (C=O) groups is 2. The topological polar surface area (TPSA) is 128 Å². The smallest absolute Gasteiger partial charge is 0.496 e. The van der Waals surface area contributed by atoms with E-state index in [9.17, 15) is 27.2 Å². The molecule has 15 heteroatoms. The monoisotopic (exact) mass is 566 g/mol. The number of nitrogens with two attached hydrogens (primary N) is 1. The van der Waals surface area contributed by atoms with Crippen LogP contribution in [0.2, 0.25) is 0 Å². The van der Waals surface area contributed by atoms with Gasteiger partial charge in [-0.25, -0.2) is 0 Å². The van der Waals surface area contributed by atoms with E-state index < -0.39 is 35.6 Å². The van der Waals surface area contributed by atoms with E-state index in [4.69, 9.17) is 15.2 Å². The molecule has 0 saturated carbocycles. The van der Waals surface area contributed by atoms with Crippen LogP contribution in [0.5, 0.6) is 34.5 Å². The summed E-state index contributed by atoms with van der Waals surface area (Å²) in [5.41, 5.74) is 4.50. The molecule has 0 aromatic heterocycles. The van der Waals surface area contributed by atoms with E-state index in [2.05, 4.69) is 24.3 Å². The van der Waals surface area contributed by atoms with Gasteiger partial charge in [-0.1, -0.05) is 11.8 Å². The maximum Gasteiger partial charge on any atom is 0.586 e. The molecule has 3 aliphatic rings. The summed E-state index contributed by atoms with van der Waals surface area (Å²) in [6, 6.07) is 8.73. The first-order chi connectivity index (χ1) is 18.4. The van der Waals surface area contributed by atoms with Gasteiger partial charge < -0.3 is 39.5 Å². The molecular weight excluding hydrogens is 552 g/mol. The molecule has 1 unspecified atom stereocenters. The van der Waals surface area contributed by atoms with Crippen molar-refractivity contribution in [1.82, 2.24) is 0 Å². The quantitative estimate of drug-likeness (QED) is 0.416. The van der Waals surface area contributed by atoms with Gasteiger partial charge in [0.25, 0.3) is 11.8 Å². The molecule has 2 amide bonds. The minimum Gasteiger partial charge on any atom is -0.496 e. The number of methoxy groups -OCH3 is 1. The van der Waals surface area contributed by atoms with Crippen molar-refractivity contribution in [3.05, 3.63) is 59.2 Å². The number of hydrogen-bond donors (Lipinski definition) is 2. The second-order valence-corrected chi connectivity index (χ2v) is 9.31. The molecule has 0 spiro atoms. The lowest BCUT2D eigenvalue weighted by Crippen LogP contribution is -2.26. The molecule has 3 N–H and O–H groups in total. The van der Waals surface area contributed by atoms with Crippen LogP contribution in [0.1, 0.15) is 31.7 Å². The summed E-state index contributed by atoms with van der Waals surface area (Å²) in [4.78, 5) is 25.8. The lowest BCUT2D eigenvalue weighted by atomic mass is 10.1. The zero-order valence-electron chi connectivity index (χ0n) is 19.4. The Balaban J connectivity index is 1.36. The number of nitrogens with one attached hydrogen (secondary N) is 1. The van der Waals surface area contributed by atoms with Gasteiger partial charge in [-0.05, 0) is 36.4 Å². The summed E-state index contributed by atoms with van der Waals surface area (Å²) in [6.07, 6.45) is -7.84. The Kier molecular flexibility index (Phi) is 5.40. The van der Waals surface area contributed by atoms with Gasteiger partial charge in [0.1, 0.15) is 11.5 Å². The van der Waals surface area contributed by atoms with E-state index in [0.29, 0.717) is 4.90 Å². The first kappa shape index (κ1) is 24.8. The zero-order chi connectivity index (χ0) is 27.7. The fourth-order valence-electron chi connectivity index (χ4n) is 4.16. The van der Waals surface area contributed by atoms with Gasteiger partial charge in [0.2, 0.25) is 0 Å². The van der Waals surface area contributed by atoms with Gasteiger partial charge in [0.05, 0.1) is 23.1 Å². The zero-order valence-corrected chi connectivity index (χ0v) is 20.2. The molecule has 3 aromatic rings. The number of thioether (sulfide) groups is 1. The highest BCUT2D eigenvalue weighted by atomic mass is 32.2. The predicted molar refractivity (Wildman–Crippen MR) is 124 cm³/mol. The molecule has 3 heterocycles. The molecule has 0 fully saturated rings. The van der Waals surface area contributed by atoms with Crippen LogP contribution in [0.15, 0.2) is 47.4 Å². The number of fused-ring (bicyclic) bond motifs is 3. The molecule has 0 aliphatic carbocycles. The highest BCUT2D eigenvalue weighted by Gasteiger charge is 2.46. The molecule has 0 saturated heterocycles. The molecular formula is C24H14F4N2O8S. The Bertz CT molecular complexity index is 1570. The van der Waals surface area contributed by atoms with Gasteiger partial charge >= 0.3 is 12.6 Å². The summed E-state index contributed by atoms with van der Waals surface area (Å²) >= 11 is 0.986. The van der Waals surface area contributed by atoms with Crippen LogP contribution in [0.25, 0.3) is 0 Å². The first-order valence-electron chi connectivity index (χ1n) is 10.9.